The first-order chi connectivity index (χ1) is 6.00. The molecule has 0 aromatic carbocycles. The second kappa shape index (κ2) is 6.28. The molecule has 0 fully saturated rings. The average Bonchev–Trinajstić information content (AvgIpc) is 2.24. The Bertz CT molecular complexity index is 166. The second-order valence-electron chi connectivity index (χ2n) is 2.36. The average molecular weight is 163 g/mol. The topological polar surface area (TPSA) is 21.3 Å². The Labute approximate surface area is 72.9 Å². The van der Waals surface area contributed by atoms with Crippen LogP contribution in [-0.2, 0) is 4.84 Å². The Hall–Kier alpha value is -1.44. The van der Waals surface area contributed by atoms with Gasteiger partial charge in [0.15, 0.2) is 0 Å². The van der Waals surface area contributed by atoms with Crippen LogP contribution in [-0.4, -0.2) is 0 Å². The summed E-state index contributed by atoms with van der Waals surface area (Å²) in [4.78, 5) is 4.55. The molecular formula is C10H13NO. The van der Waals surface area contributed by atoms with Crippen molar-refractivity contribution in [1.29, 1.82) is 0 Å². The van der Waals surface area contributed by atoms with Crippen LogP contribution in [0.1, 0.15) is 12.8 Å². The maximum atomic E-state index is 4.55. The van der Waals surface area contributed by atoms with Crippen LogP contribution in [0.4, 0.5) is 0 Å². The van der Waals surface area contributed by atoms with Crippen LogP contribution >= 0.6 is 0 Å². The van der Waals surface area contributed by atoms with Gasteiger partial charge < -0.3 is 4.84 Å². The van der Waals surface area contributed by atoms with Gasteiger partial charge in [-0.05, 0) is 25.0 Å². The van der Waals surface area contributed by atoms with Crippen LogP contribution in [0.5, 0.6) is 0 Å². The molecule has 0 saturated carbocycles. The fourth-order valence-electron chi connectivity index (χ4n) is 0.800. The lowest BCUT2D eigenvalue weighted by Crippen LogP contribution is -2.01. The van der Waals surface area contributed by atoms with Gasteiger partial charge >= 0.3 is 0 Å². The Morgan fingerprint density at radius 2 is 1.67 bits per heavy atom. The SMILES string of the molecule is C1=CCCC=C1.C1=CNOC=C1. The summed E-state index contributed by atoms with van der Waals surface area (Å²) in [7, 11) is 0. The van der Waals surface area contributed by atoms with Gasteiger partial charge in [-0.3, -0.25) is 0 Å². The molecule has 0 amide bonds. The minimum Gasteiger partial charge on any atom is -0.391 e. The lowest BCUT2D eigenvalue weighted by molar-refractivity contribution is 0.172. The van der Waals surface area contributed by atoms with E-state index >= 15 is 0 Å². The zero-order valence-electron chi connectivity index (χ0n) is 6.94. The molecule has 0 spiro atoms. The van der Waals surface area contributed by atoms with Gasteiger partial charge in [0, 0.05) is 6.20 Å². The van der Waals surface area contributed by atoms with E-state index in [4.69, 9.17) is 0 Å². The first-order valence-electron chi connectivity index (χ1n) is 4.04. The molecule has 0 aromatic rings. The Morgan fingerprint density at radius 1 is 0.917 bits per heavy atom. The normalized spacial score (nSPS) is 17.3. The molecule has 1 aliphatic heterocycles. The van der Waals surface area contributed by atoms with Crippen molar-refractivity contribution in [3.63, 3.8) is 0 Å². The number of hydrogen-bond acceptors (Lipinski definition) is 2. The zero-order valence-corrected chi connectivity index (χ0v) is 6.94. The second-order valence-corrected chi connectivity index (χ2v) is 2.36. The number of hydrogen-bond donors (Lipinski definition) is 1. The number of rotatable bonds is 0. The summed E-state index contributed by atoms with van der Waals surface area (Å²) in [5, 5.41) is 0. The van der Waals surface area contributed by atoms with Crippen LogP contribution in [0.15, 0.2) is 48.9 Å². The van der Waals surface area contributed by atoms with Crippen molar-refractivity contribution >= 4 is 0 Å². The predicted molar refractivity (Wildman–Crippen MR) is 50.0 cm³/mol. The summed E-state index contributed by atoms with van der Waals surface area (Å²) < 4.78 is 0. The van der Waals surface area contributed by atoms with Crippen LogP contribution in [0.3, 0.4) is 0 Å². The van der Waals surface area contributed by atoms with Crippen molar-refractivity contribution in [3.05, 3.63) is 48.9 Å². The first-order valence-corrected chi connectivity index (χ1v) is 4.04. The van der Waals surface area contributed by atoms with Gasteiger partial charge in [-0.15, -0.1) is 0 Å². The third-order valence-electron chi connectivity index (χ3n) is 1.37. The van der Waals surface area contributed by atoms with Crippen LogP contribution < -0.4 is 5.48 Å². The Balaban J connectivity index is 0.000000120. The first kappa shape index (κ1) is 8.65. The number of nitrogens with one attached hydrogen (secondary N) is 1. The summed E-state index contributed by atoms with van der Waals surface area (Å²) in [5.41, 5.74) is 2.52. The van der Waals surface area contributed by atoms with Gasteiger partial charge in [0.2, 0.25) is 0 Å². The molecule has 0 unspecified atom stereocenters. The Kier molecular flexibility index (Phi) is 4.53. The minimum absolute atomic E-state index is 1.23. The van der Waals surface area contributed by atoms with Gasteiger partial charge in [-0.25, -0.2) is 5.48 Å². The van der Waals surface area contributed by atoms with E-state index in [0.717, 1.165) is 0 Å². The van der Waals surface area contributed by atoms with E-state index in [0.29, 0.717) is 0 Å². The minimum atomic E-state index is 1.23. The quantitative estimate of drug-likeness (QED) is 0.592. The van der Waals surface area contributed by atoms with Gasteiger partial charge in [-0.2, -0.15) is 0 Å². The van der Waals surface area contributed by atoms with Gasteiger partial charge in [-0.1, -0.05) is 24.3 Å². The highest BCUT2D eigenvalue weighted by atomic mass is 16.6. The molecule has 1 heterocycles. The molecule has 64 valence electrons. The van der Waals surface area contributed by atoms with Crippen LogP contribution in [0.2, 0.25) is 0 Å². The molecular weight excluding hydrogens is 150 g/mol. The molecule has 12 heavy (non-hydrogen) atoms. The molecule has 2 rings (SSSR count). The molecule has 2 nitrogen and oxygen atoms in total. The smallest absolute Gasteiger partial charge is 0.119 e. The van der Waals surface area contributed by atoms with Crippen molar-refractivity contribution < 1.29 is 4.84 Å². The molecule has 1 aliphatic carbocycles. The van der Waals surface area contributed by atoms with E-state index in [-0.39, 0.29) is 0 Å². The molecule has 0 radical (unpaired) electrons. The summed E-state index contributed by atoms with van der Waals surface area (Å²) in [6.07, 6.45) is 17.9. The molecule has 0 aromatic heterocycles. The third-order valence-corrected chi connectivity index (χ3v) is 1.37. The van der Waals surface area contributed by atoms with E-state index in [9.17, 15) is 0 Å². The van der Waals surface area contributed by atoms with Crippen LogP contribution in [0.25, 0.3) is 0 Å². The lowest BCUT2D eigenvalue weighted by Gasteiger charge is -1.97. The van der Waals surface area contributed by atoms with Crippen molar-refractivity contribution in [3.8, 4) is 0 Å². The van der Waals surface area contributed by atoms with Gasteiger partial charge in [0.25, 0.3) is 0 Å². The number of hydroxylamine groups is 1. The third kappa shape index (κ3) is 4.39. The largest absolute Gasteiger partial charge is 0.391 e. The molecule has 0 bridgehead atoms. The molecule has 0 saturated heterocycles. The molecule has 2 aliphatic rings. The molecule has 0 atom stereocenters. The van der Waals surface area contributed by atoms with Crippen molar-refractivity contribution in [2.75, 3.05) is 0 Å². The van der Waals surface area contributed by atoms with E-state index in [1.54, 1.807) is 18.5 Å². The van der Waals surface area contributed by atoms with E-state index in [1.165, 1.54) is 12.8 Å². The monoisotopic (exact) mass is 163 g/mol. The predicted octanol–water partition coefficient (Wildman–Crippen LogP) is 2.44. The summed E-state index contributed by atoms with van der Waals surface area (Å²) in [6, 6.07) is 0. The van der Waals surface area contributed by atoms with Gasteiger partial charge in [0.1, 0.15) is 6.26 Å². The fraction of sp³-hybridized carbons (Fsp3) is 0.200. The number of allylic oxidation sites excluding steroid dienone is 6. The van der Waals surface area contributed by atoms with E-state index in [2.05, 4.69) is 34.6 Å². The zero-order chi connectivity index (χ0) is 8.49. The van der Waals surface area contributed by atoms with E-state index < -0.39 is 0 Å². The highest BCUT2D eigenvalue weighted by Gasteiger charge is 1.77. The van der Waals surface area contributed by atoms with Crippen molar-refractivity contribution in [2.24, 2.45) is 0 Å². The molecule has 2 heteroatoms. The molecule has 1 N–H and O–H groups in total. The maximum Gasteiger partial charge on any atom is 0.119 e. The van der Waals surface area contributed by atoms with Gasteiger partial charge in [0.05, 0.1) is 0 Å². The highest BCUT2D eigenvalue weighted by molar-refractivity contribution is 5.07. The Morgan fingerprint density at radius 3 is 1.83 bits per heavy atom. The fourth-order valence-corrected chi connectivity index (χ4v) is 0.800. The van der Waals surface area contributed by atoms with E-state index in [1.807, 2.05) is 6.08 Å². The van der Waals surface area contributed by atoms with Crippen molar-refractivity contribution in [1.82, 2.24) is 5.48 Å². The maximum absolute atomic E-state index is 4.55. The van der Waals surface area contributed by atoms with Crippen LogP contribution in [0, 0.1) is 0 Å². The van der Waals surface area contributed by atoms with Crippen molar-refractivity contribution in [2.45, 2.75) is 12.8 Å². The lowest BCUT2D eigenvalue weighted by atomic mass is 10.2. The standard InChI is InChI=1S/C6H8.C4H5NO/c2*1-2-4-6-5-3-1/h1-4H,5-6H2;1-5H. The summed E-state index contributed by atoms with van der Waals surface area (Å²) >= 11 is 0. The summed E-state index contributed by atoms with van der Waals surface area (Å²) in [5.74, 6) is 0. The highest BCUT2D eigenvalue weighted by Crippen LogP contribution is 1.98. The summed E-state index contributed by atoms with van der Waals surface area (Å²) in [6.45, 7) is 0.